The van der Waals surface area contributed by atoms with Crippen molar-refractivity contribution in [3.63, 3.8) is 0 Å². The van der Waals surface area contributed by atoms with Crippen molar-refractivity contribution < 1.29 is 14.3 Å². The van der Waals surface area contributed by atoms with Crippen molar-refractivity contribution in [2.24, 2.45) is 0 Å². The topological polar surface area (TPSA) is 125 Å². The van der Waals surface area contributed by atoms with Crippen LogP contribution in [0.15, 0.2) is 35.1 Å². The third-order valence-corrected chi connectivity index (χ3v) is 3.44. The number of nitrogens with zero attached hydrogens (tertiary/aromatic N) is 3. The number of nitrogens with one attached hydrogen (secondary N) is 1. The molecule has 0 amide bonds. The molecule has 0 saturated heterocycles. The summed E-state index contributed by atoms with van der Waals surface area (Å²) >= 11 is 0. The van der Waals surface area contributed by atoms with E-state index in [1.54, 1.807) is 6.92 Å². The van der Waals surface area contributed by atoms with Gasteiger partial charge in [-0.1, -0.05) is 30.3 Å². The van der Waals surface area contributed by atoms with Crippen molar-refractivity contribution in [3.05, 3.63) is 46.4 Å². The number of hydrogen-bond donors (Lipinski definition) is 2. The molecule has 3 rings (SSSR count). The Labute approximate surface area is 142 Å². The Balaban J connectivity index is 1.93. The Morgan fingerprint density at radius 3 is 2.76 bits per heavy atom. The molecule has 0 aliphatic rings. The number of nitrogens with two attached hydrogens (primary N) is 1. The number of carbonyl (C=O) groups excluding carboxylic acids is 1. The molecule has 3 aromatic rings. The Kier molecular flexibility index (Phi) is 4.64. The zero-order valence-corrected chi connectivity index (χ0v) is 13.6. The molecule has 2 heterocycles. The molecule has 130 valence electrons. The second-order valence-electron chi connectivity index (χ2n) is 5.19. The number of aromatic nitrogens is 4. The molecule has 25 heavy (non-hydrogen) atoms. The first-order valence-corrected chi connectivity index (χ1v) is 7.67. The summed E-state index contributed by atoms with van der Waals surface area (Å²) in [5.74, 6) is -0.478. The maximum atomic E-state index is 12.2. The number of esters is 1. The Morgan fingerprint density at radius 1 is 1.28 bits per heavy atom. The van der Waals surface area contributed by atoms with Crippen LogP contribution < -0.4 is 16.2 Å². The highest BCUT2D eigenvalue weighted by molar-refractivity contribution is 5.82. The van der Waals surface area contributed by atoms with Gasteiger partial charge in [-0.05, 0) is 12.5 Å². The van der Waals surface area contributed by atoms with Gasteiger partial charge in [0.05, 0.1) is 13.2 Å². The van der Waals surface area contributed by atoms with E-state index in [0.29, 0.717) is 17.7 Å². The molecule has 0 atom stereocenters. The lowest BCUT2D eigenvalue weighted by atomic mass is 10.2. The summed E-state index contributed by atoms with van der Waals surface area (Å²) in [7, 11) is 0. The van der Waals surface area contributed by atoms with Crippen molar-refractivity contribution in [1.82, 2.24) is 19.5 Å². The second kappa shape index (κ2) is 7.04. The fourth-order valence-corrected chi connectivity index (χ4v) is 2.33. The van der Waals surface area contributed by atoms with Gasteiger partial charge in [-0.15, -0.1) is 0 Å². The predicted octanol–water partition coefficient (Wildman–Crippen LogP) is 0.692. The van der Waals surface area contributed by atoms with Gasteiger partial charge in [-0.3, -0.25) is 4.57 Å². The molecular formula is C16H17N5O4. The van der Waals surface area contributed by atoms with Gasteiger partial charge >= 0.3 is 17.7 Å². The first-order valence-electron chi connectivity index (χ1n) is 7.67. The number of carbonyl (C=O) groups is 1. The maximum absolute atomic E-state index is 12.2. The van der Waals surface area contributed by atoms with Crippen LogP contribution in [0.2, 0.25) is 0 Å². The number of aromatic amines is 1. The molecule has 0 radical (unpaired) electrons. The third-order valence-electron chi connectivity index (χ3n) is 3.44. The summed E-state index contributed by atoms with van der Waals surface area (Å²) in [5, 5.41) is 0. The number of anilines is 1. The molecule has 0 saturated carbocycles. The van der Waals surface area contributed by atoms with E-state index in [4.69, 9.17) is 15.2 Å². The number of ether oxygens (including phenoxy) is 2. The van der Waals surface area contributed by atoms with Crippen LogP contribution in [-0.4, -0.2) is 38.7 Å². The van der Waals surface area contributed by atoms with E-state index < -0.39 is 5.97 Å². The minimum Gasteiger partial charge on any atom is -0.463 e. The first-order chi connectivity index (χ1) is 12.1. The quantitative estimate of drug-likeness (QED) is 0.631. The average molecular weight is 343 g/mol. The molecule has 0 aliphatic carbocycles. The van der Waals surface area contributed by atoms with Gasteiger partial charge in [0.2, 0.25) is 0 Å². The number of rotatable bonds is 6. The lowest BCUT2D eigenvalue weighted by molar-refractivity contribution is -0.145. The lowest BCUT2D eigenvalue weighted by Crippen LogP contribution is -2.18. The zero-order valence-electron chi connectivity index (χ0n) is 13.6. The van der Waals surface area contributed by atoms with Crippen LogP contribution in [0.25, 0.3) is 11.2 Å². The van der Waals surface area contributed by atoms with Crippen LogP contribution >= 0.6 is 0 Å². The average Bonchev–Trinajstić information content (AvgIpc) is 2.91. The van der Waals surface area contributed by atoms with Gasteiger partial charge in [0.15, 0.2) is 18.1 Å². The Morgan fingerprint density at radius 2 is 2.04 bits per heavy atom. The van der Waals surface area contributed by atoms with Gasteiger partial charge < -0.3 is 20.2 Å². The summed E-state index contributed by atoms with van der Waals surface area (Å²) in [6.07, 6.45) is 0. The smallest absolute Gasteiger partial charge is 0.344 e. The third kappa shape index (κ3) is 3.60. The highest BCUT2D eigenvalue weighted by Gasteiger charge is 2.15. The molecule has 2 aromatic heterocycles. The molecule has 0 unspecified atom stereocenters. The van der Waals surface area contributed by atoms with E-state index >= 15 is 0 Å². The summed E-state index contributed by atoms with van der Waals surface area (Å²) in [5.41, 5.74) is 7.06. The normalized spacial score (nSPS) is 10.8. The van der Waals surface area contributed by atoms with Gasteiger partial charge in [0, 0.05) is 0 Å². The SMILES string of the molecule is CCOC(=O)COc1nc(N)c2[nH]c(=O)n(Cc3ccccc3)c2n1. The van der Waals surface area contributed by atoms with Gasteiger partial charge in [0.1, 0.15) is 5.52 Å². The summed E-state index contributed by atoms with van der Waals surface area (Å²) in [4.78, 5) is 34.4. The molecular weight excluding hydrogens is 326 g/mol. The summed E-state index contributed by atoms with van der Waals surface area (Å²) in [6.45, 7) is 1.92. The molecule has 0 fully saturated rings. The molecule has 9 nitrogen and oxygen atoms in total. The molecule has 9 heteroatoms. The number of fused-ring (bicyclic) bond motifs is 1. The van der Waals surface area contributed by atoms with E-state index in [0.717, 1.165) is 5.56 Å². The van der Waals surface area contributed by atoms with Crippen LogP contribution in [0.3, 0.4) is 0 Å². The van der Waals surface area contributed by atoms with Crippen LogP contribution in [-0.2, 0) is 16.1 Å². The van der Waals surface area contributed by atoms with Crippen molar-refractivity contribution in [2.75, 3.05) is 18.9 Å². The van der Waals surface area contributed by atoms with Crippen molar-refractivity contribution in [1.29, 1.82) is 0 Å². The van der Waals surface area contributed by atoms with Crippen LogP contribution in [0.4, 0.5) is 5.82 Å². The van der Waals surface area contributed by atoms with E-state index in [9.17, 15) is 9.59 Å². The van der Waals surface area contributed by atoms with Crippen LogP contribution in [0, 0.1) is 0 Å². The molecule has 1 aromatic carbocycles. The molecule has 0 aliphatic heterocycles. The van der Waals surface area contributed by atoms with Gasteiger partial charge in [-0.2, -0.15) is 9.97 Å². The molecule has 3 N–H and O–H groups in total. The first kappa shape index (κ1) is 16.5. The summed E-state index contributed by atoms with van der Waals surface area (Å²) in [6, 6.07) is 9.35. The van der Waals surface area contributed by atoms with Crippen molar-refractivity contribution in [2.45, 2.75) is 13.5 Å². The van der Waals surface area contributed by atoms with Crippen LogP contribution in [0.1, 0.15) is 12.5 Å². The number of hydrogen-bond acceptors (Lipinski definition) is 7. The minimum absolute atomic E-state index is 0.0628. The largest absolute Gasteiger partial charge is 0.463 e. The van der Waals surface area contributed by atoms with Crippen molar-refractivity contribution >= 4 is 23.0 Å². The molecule has 0 spiro atoms. The maximum Gasteiger partial charge on any atom is 0.344 e. The Hall–Kier alpha value is -3.36. The lowest BCUT2D eigenvalue weighted by Gasteiger charge is -2.07. The fourth-order valence-electron chi connectivity index (χ4n) is 2.33. The highest BCUT2D eigenvalue weighted by atomic mass is 16.6. The standard InChI is InChI=1S/C16H17N5O4/c1-2-24-11(22)9-25-15-19-13(17)12-14(20-15)21(16(23)18-12)8-10-6-4-3-5-7-10/h3-7H,2,8-9H2,1H3,(H,18,23)(H2,17,19,20). The summed E-state index contributed by atoms with van der Waals surface area (Å²) < 4.78 is 11.4. The monoisotopic (exact) mass is 343 g/mol. The highest BCUT2D eigenvalue weighted by Crippen LogP contribution is 2.18. The van der Waals surface area contributed by atoms with Crippen LogP contribution in [0.5, 0.6) is 6.01 Å². The number of nitrogen functional groups attached to an aromatic ring is 1. The minimum atomic E-state index is -0.541. The number of benzene rings is 1. The van der Waals surface area contributed by atoms with E-state index in [-0.39, 0.29) is 30.7 Å². The Bertz CT molecular complexity index is 948. The second-order valence-corrected chi connectivity index (χ2v) is 5.19. The fraction of sp³-hybridized carbons (Fsp3) is 0.250. The van der Waals surface area contributed by atoms with Gasteiger partial charge in [-0.25, -0.2) is 9.59 Å². The van der Waals surface area contributed by atoms with E-state index in [2.05, 4.69) is 15.0 Å². The number of H-pyrrole nitrogens is 1. The zero-order chi connectivity index (χ0) is 17.8. The van der Waals surface area contributed by atoms with E-state index in [1.165, 1.54) is 4.57 Å². The van der Waals surface area contributed by atoms with Crippen molar-refractivity contribution in [3.8, 4) is 6.01 Å². The molecule has 0 bridgehead atoms. The van der Waals surface area contributed by atoms with Gasteiger partial charge in [0.25, 0.3) is 0 Å². The van der Waals surface area contributed by atoms with E-state index in [1.807, 2.05) is 30.3 Å². The predicted molar refractivity (Wildman–Crippen MR) is 90.2 cm³/mol. The number of imidazole rings is 1.